The highest BCUT2D eigenvalue weighted by Gasteiger charge is 2.38. The van der Waals surface area contributed by atoms with Crippen LogP contribution < -0.4 is 20.4 Å². The first-order valence-corrected chi connectivity index (χ1v) is 10.5. The summed E-state index contributed by atoms with van der Waals surface area (Å²) in [6, 6.07) is 9.15. The fraction of sp³-hybridized carbons (Fsp3) is 0.500. The topological polar surface area (TPSA) is 43.4 Å². The molecule has 1 spiro atoms. The van der Waals surface area contributed by atoms with Gasteiger partial charge in [-0.15, -0.1) is 0 Å². The monoisotopic (exact) mass is 381 g/mol. The summed E-state index contributed by atoms with van der Waals surface area (Å²) >= 11 is 0. The predicted molar refractivity (Wildman–Crippen MR) is 113 cm³/mol. The van der Waals surface area contributed by atoms with Crippen molar-refractivity contribution >= 4 is 22.9 Å². The van der Waals surface area contributed by atoms with Gasteiger partial charge in [-0.05, 0) is 50.3 Å². The summed E-state index contributed by atoms with van der Waals surface area (Å²) in [6.07, 6.45) is 7.97. The number of aromatic nitrogens is 1. The van der Waals surface area contributed by atoms with Gasteiger partial charge in [-0.1, -0.05) is 6.07 Å². The molecule has 0 bridgehead atoms. The maximum Gasteiger partial charge on any atom is 0.130 e. The van der Waals surface area contributed by atoms with Gasteiger partial charge in [-0.25, -0.2) is 9.37 Å². The van der Waals surface area contributed by atoms with E-state index in [4.69, 9.17) is 4.98 Å². The number of hydrogen-bond donors (Lipinski definition) is 2. The summed E-state index contributed by atoms with van der Waals surface area (Å²) in [7, 11) is 0. The minimum atomic E-state index is -0.172. The molecule has 1 aromatic carbocycles. The zero-order valence-corrected chi connectivity index (χ0v) is 16.3. The molecule has 2 saturated heterocycles. The summed E-state index contributed by atoms with van der Waals surface area (Å²) in [5, 5.41) is 7.43. The van der Waals surface area contributed by atoms with Crippen molar-refractivity contribution in [2.45, 2.75) is 37.6 Å². The van der Waals surface area contributed by atoms with Crippen LogP contribution in [0.4, 0.5) is 27.3 Å². The fourth-order valence-corrected chi connectivity index (χ4v) is 4.85. The highest BCUT2D eigenvalue weighted by molar-refractivity contribution is 5.75. The number of hydrogen-bond acceptors (Lipinski definition) is 5. The molecule has 3 aliphatic heterocycles. The average molecular weight is 381 g/mol. The molecule has 0 amide bonds. The van der Waals surface area contributed by atoms with Gasteiger partial charge in [0, 0.05) is 44.5 Å². The number of benzene rings is 1. The van der Waals surface area contributed by atoms with E-state index in [2.05, 4.69) is 26.5 Å². The van der Waals surface area contributed by atoms with Gasteiger partial charge in [-0.3, -0.25) is 0 Å². The first-order valence-electron chi connectivity index (χ1n) is 10.5. The first-order chi connectivity index (χ1) is 13.7. The molecule has 6 heteroatoms. The predicted octanol–water partition coefficient (Wildman–Crippen LogP) is 4.09. The summed E-state index contributed by atoms with van der Waals surface area (Å²) < 4.78 is 13.7. The number of anilines is 4. The lowest BCUT2D eigenvalue weighted by Gasteiger charge is -2.47. The average Bonchev–Trinajstić information content (AvgIpc) is 2.74. The molecule has 3 aliphatic rings. The molecule has 2 N–H and O–H groups in total. The standard InChI is InChI=1S/C22H28FN5/c23-17-6-4-7-18(12-17)28-11-5-8-22(16-28)15-25-20-14-24-21(13-19(20)26-22)27-9-2-1-3-10-27/h4,6-7,12-14,25-26H,1-3,5,8-11,15-16H2. The van der Waals surface area contributed by atoms with Gasteiger partial charge in [0.1, 0.15) is 11.6 Å². The Labute approximate surface area is 165 Å². The van der Waals surface area contributed by atoms with Crippen LogP contribution in [0.1, 0.15) is 32.1 Å². The third-order valence-corrected chi connectivity index (χ3v) is 6.34. The maximum atomic E-state index is 13.7. The van der Waals surface area contributed by atoms with Gasteiger partial charge in [0.05, 0.1) is 23.1 Å². The molecule has 5 nitrogen and oxygen atoms in total. The summed E-state index contributed by atoms with van der Waals surface area (Å²) in [5.41, 5.74) is 3.14. The van der Waals surface area contributed by atoms with E-state index in [0.717, 1.165) is 68.4 Å². The van der Waals surface area contributed by atoms with Gasteiger partial charge in [0.15, 0.2) is 0 Å². The van der Waals surface area contributed by atoms with Crippen LogP contribution in [-0.2, 0) is 0 Å². The van der Waals surface area contributed by atoms with Crippen LogP contribution in [0.3, 0.4) is 0 Å². The third-order valence-electron chi connectivity index (χ3n) is 6.34. The van der Waals surface area contributed by atoms with Crippen molar-refractivity contribution in [2.75, 3.05) is 53.2 Å². The number of nitrogens with one attached hydrogen (secondary N) is 2. The van der Waals surface area contributed by atoms with Gasteiger partial charge in [0.25, 0.3) is 0 Å². The van der Waals surface area contributed by atoms with E-state index in [-0.39, 0.29) is 11.4 Å². The lowest BCUT2D eigenvalue weighted by atomic mass is 9.86. The van der Waals surface area contributed by atoms with E-state index >= 15 is 0 Å². The quantitative estimate of drug-likeness (QED) is 0.820. The van der Waals surface area contributed by atoms with Crippen LogP contribution in [0.5, 0.6) is 0 Å². The summed E-state index contributed by atoms with van der Waals surface area (Å²) in [5.74, 6) is 0.900. The lowest BCUT2D eigenvalue weighted by molar-refractivity contribution is 0.386. The molecule has 5 rings (SSSR count). The SMILES string of the molecule is Fc1cccc(N2CCCC3(CNc4cnc(N5CCCCC5)cc4N3)C2)c1. The summed E-state index contributed by atoms with van der Waals surface area (Å²) in [6.45, 7) is 4.88. The molecule has 0 radical (unpaired) electrons. The normalized spacial score (nSPS) is 24.5. The van der Waals surface area contributed by atoms with E-state index in [1.807, 2.05) is 12.3 Å². The number of piperidine rings is 2. The van der Waals surface area contributed by atoms with Crippen LogP contribution in [-0.4, -0.2) is 43.2 Å². The lowest BCUT2D eigenvalue weighted by Crippen LogP contribution is -2.58. The highest BCUT2D eigenvalue weighted by Crippen LogP contribution is 2.37. The Bertz CT molecular complexity index is 851. The fourth-order valence-electron chi connectivity index (χ4n) is 4.85. The molecular formula is C22H28FN5. The minimum Gasteiger partial charge on any atom is -0.380 e. The Balaban J connectivity index is 1.37. The number of fused-ring (bicyclic) bond motifs is 1. The molecule has 0 saturated carbocycles. The zero-order chi connectivity index (χ0) is 19.0. The van der Waals surface area contributed by atoms with Crippen LogP contribution in [0.15, 0.2) is 36.5 Å². The molecule has 2 fully saturated rings. The van der Waals surface area contributed by atoms with Crippen molar-refractivity contribution in [3.63, 3.8) is 0 Å². The minimum absolute atomic E-state index is 0.0436. The Morgan fingerprint density at radius 1 is 0.964 bits per heavy atom. The van der Waals surface area contributed by atoms with Gasteiger partial charge in [0.2, 0.25) is 0 Å². The number of halogens is 1. The van der Waals surface area contributed by atoms with Crippen molar-refractivity contribution in [2.24, 2.45) is 0 Å². The van der Waals surface area contributed by atoms with Crippen molar-refractivity contribution < 1.29 is 4.39 Å². The van der Waals surface area contributed by atoms with E-state index in [1.54, 1.807) is 12.1 Å². The second kappa shape index (κ2) is 7.15. The number of rotatable bonds is 2. The molecule has 1 atom stereocenters. The number of pyridine rings is 1. The van der Waals surface area contributed by atoms with Crippen LogP contribution in [0.2, 0.25) is 0 Å². The maximum absolute atomic E-state index is 13.7. The Kier molecular flexibility index (Phi) is 4.49. The smallest absolute Gasteiger partial charge is 0.130 e. The van der Waals surface area contributed by atoms with Gasteiger partial charge < -0.3 is 20.4 Å². The Hall–Kier alpha value is -2.50. The molecule has 4 heterocycles. The molecular weight excluding hydrogens is 353 g/mol. The largest absolute Gasteiger partial charge is 0.380 e. The van der Waals surface area contributed by atoms with Crippen molar-refractivity contribution in [1.29, 1.82) is 0 Å². The van der Waals surface area contributed by atoms with Crippen molar-refractivity contribution in [1.82, 2.24) is 4.98 Å². The second-order valence-corrected chi connectivity index (χ2v) is 8.40. The van der Waals surface area contributed by atoms with Crippen LogP contribution in [0.25, 0.3) is 0 Å². The molecule has 28 heavy (non-hydrogen) atoms. The molecule has 0 aliphatic carbocycles. The molecule has 148 valence electrons. The van der Waals surface area contributed by atoms with Crippen molar-refractivity contribution in [3.8, 4) is 0 Å². The summed E-state index contributed by atoms with van der Waals surface area (Å²) in [4.78, 5) is 9.39. The number of nitrogens with zero attached hydrogens (tertiary/aromatic N) is 3. The van der Waals surface area contributed by atoms with Crippen molar-refractivity contribution in [3.05, 3.63) is 42.3 Å². The van der Waals surface area contributed by atoms with E-state index in [0.29, 0.717) is 0 Å². The molecule has 2 aromatic rings. The van der Waals surface area contributed by atoms with E-state index < -0.39 is 0 Å². The molecule has 1 unspecified atom stereocenters. The Morgan fingerprint density at radius 3 is 2.68 bits per heavy atom. The Morgan fingerprint density at radius 2 is 1.82 bits per heavy atom. The highest BCUT2D eigenvalue weighted by atomic mass is 19.1. The van der Waals surface area contributed by atoms with E-state index in [1.165, 1.54) is 25.3 Å². The van der Waals surface area contributed by atoms with Crippen LogP contribution in [0, 0.1) is 5.82 Å². The van der Waals surface area contributed by atoms with Crippen LogP contribution >= 0.6 is 0 Å². The third kappa shape index (κ3) is 3.36. The molecule has 1 aromatic heterocycles. The first kappa shape index (κ1) is 17.6. The second-order valence-electron chi connectivity index (χ2n) is 8.40. The van der Waals surface area contributed by atoms with E-state index in [9.17, 15) is 4.39 Å². The van der Waals surface area contributed by atoms with Gasteiger partial charge >= 0.3 is 0 Å². The zero-order valence-electron chi connectivity index (χ0n) is 16.3. The van der Waals surface area contributed by atoms with Gasteiger partial charge in [-0.2, -0.15) is 0 Å².